The number of carbonyl (C=O) groups excluding carboxylic acids is 1. The predicted octanol–water partition coefficient (Wildman–Crippen LogP) is 2.29. The van der Waals surface area contributed by atoms with Gasteiger partial charge < -0.3 is 11.2 Å². The lowest BCUT2D eigenvalue weighted by atomic mass is 10.2. The Kier molecular flexibility index (Phi) is 4.71. The van der Waals surface area contributed by atoms with E-state index in [-0.39, 0.29) is 22.4 Å². The molecule has 25 heavy (non-hydrogen) atoms. The summed E-state index contributed by atoms with van der Waals surface area (Å²) in [5.41, 5.74) is 0.997. The normalized spacial score (nSPS) is 10.8. The van der Waals surface area contributed by atoms with Crippen molar-refractivity contribution in [2.24, 2.45) is 0 Å². The summed E-state index contributed by atoms with van der Waals surface area (Å²) in [4.78, 5) is 28.5. The van der Waals surface area contributed by atoms with Crippen molar-refractivity contribution in [2.45, 2.75) is 12.1 Å². The number of amides is 1. The molecule has 6 nitrogen and oxygen atoms in total. The number of anilines is 1. The fraction of sp³-hybridized carbons (Fsp3) is 0.118. The molecule has 0 saturated heterocycles. The van der Waals surface area contributed by atoms with Crippen LogP contribution in [0.4, 0.5) is 10.1 Å². The minimum absolute atomic E-state index is 0.0164. The molecule has 0 atom stereocenters. The lowest BCUT2D eigenvalue weighted by Crippen LogP contribution is -2.30. The number of aryl methyl sites for hydroxylation is 1. The van der Waals surface area contributed by atoms with E-state index < -0.39 is 5.82 Å². The minimum Gasteiger partial charge on any atom is -0.334 e. The van der Waals surface area contributed by atoms with Crippen LogP contribution in [-0.2, 0) is 4.79 Å². The van der Waals surface area contributed by atoms with Gasteiger partial charge in [-0.05, 0) is 36.8 Å². The fourth-order valence-corrected chi connectivity index (χ4v) is 2.94. The van der Waals surface area contributed by atoms with Crippen molar-refractivity contribution in [3.05, 3.63) is 64.2 Å². The third kappa shape index (κ3) is 3.63. The first-order chi connectivity index (χ1) is 12.0. The standard InChI is InChI=1S/C17H15FN4O2S/c1-10-6-7-11(8-13(10)18)20-15(23)9-25-17-21-14-5-3-2-4-12(14)16(24)22(17)19/h2-8H,9,19H2,1H3,(H,20,23). The second-order valence-corrected chi connectivity index (χ2v) is 6.33. The summed E-state index contributed by atoms with van der Waals surface area (Å²) in [5.74, 6) is 5.00. The van der Waals surface area contributed by atoms with Gasteiger partial charge in [0.1, 0.15) is 5.82 Å². The number of aromatic nitrogens is 2. The second-order valence-electron chi connectivity index (χ2n) is 5.39. The van der Waals surface area contributed by atoms with Crippen LogP contribution in [0.25, 0.3) is 10.9 Å². The smallest absolute Gasteiger partial charge is 0.280 e. The van der Waals surface area contributed by atoms with Crippen molar-refractivity contribution < 1.29 is 9.18 Å². The van der Waals surface area contributed by atoms with Crippen molar-refractivity contribution >= 4 is 34.3 Å². The molecule has 0 saturated carbocycles. The van der Waals surface area contributed by atoms with Crippen LogP contribution in [0.1, 0.15) is 5.56 Å². The zero-order valence-corrected chi connectivity index (χ0v) is 14.1. The van der Waals surface area contributed by atoms with Crippen LogP contribution in [-0.4, -0.2) is 21.3 Å². The number of benzene rings is 2. The quantitative estimate of drug-likeness (QED) is 0.424. The van der Waals surface area contributed by atoms with Gasteiger partial charge in [-0.25, -0.2) is 14.1 Å². The topological polar surface area (TPSA) is 90.0 Å². The van der Waals surface area contributed by atoms with E-state index in [1.807, 2.05) is 0 Å². The van der Waals surface area contributed by atoms with Gasteiger partial charge in [-0.15, -0.1) is 0 Å². The van der Waals surface area contributed by atoms with Crippen LogP contribution >= 0.6 is 11.8 Å². The Labute approximate surface area is 146 Å². The molecule has 0 radical (unpaired) electrons. The van der Waals surface area contributed by atoms with Crippen LogP contribution in [0.5, 0.6) is 0 Å². The number of rotatable bonds is 4. The summed E-state index contributed by atoms with van der Waals surface area (Å²) in [6.45, 7) is 1.64. The molecule has 0 bridgehead atoms. The van der Waals surface area contributed by atoms with Crippen LogP contribution in [0.2, 0.25) is 0 Å². The van der Waals surface area contributed by atoms with E-state index in [1.54, 1.807) is 43.3 Å². The number of nitrogen functional groups attached to an aromatic ring is 1. The van der Waals surface area contributed by atoms with Gasteiger partial charge in [-0.2, -0.15) is 0 Å². The zero-order chi connectivity index (χ0) is 18.0. The average Bonchev–Trinajstić information content (AvgIpc) is 2.60. The molecule has 0 fully saturated rings. The van der Waals surface area contributed by atoms with Crippen molar-refractivity contribution in [1.82, 2.24) is 9.66 Å². The molecule has 0 aliphatic rings. The molecule has 128 valence electrons. The highest BCUT2D eigenvalue weighted by Crippen LogP contribution is 2.18. The number of thioether (sulfide) groups is 1. The molecule has 8 heteroatoms. The van der Waals surface area contributed by atoms with E-state index in [0.717, 1.165) is 16.4 Å². The highest BCUT2D eigenvalue weighted by molar-refractivity contribution is 7.99. The molecular weight excluding hydrogens is 343 g/mol. The van der Waals surface area contributed by atoms with Gasteiger partial charge in [0.15, 0.2) is 5.16 Å². The van der Waals surface area contributed by atoms with E-state index in [9.17, 15) is 14.0 Å². The molecule has 3 aromatic rings. The fourth-order valence-electron chi connectivity index (χ4n) is 2.23. The number of nitrogens with two attached hydrogens (primary N) is 1. The maximum absolute atomic E-state index is 13.5. The van der Waals surface area contributed by atoms with Gasteiger partial charge in [0, 0.05) is 5.69 Å². The van der Waals surface area contributed by atoms with E-state index in [2.05, 4.69) is 10.3 Å². The molecule has 1 heterocycles. The Balaban J connectivity index is 1.73. The Morgan fingerprint density at radius 1 is 1.32 bits per heavy atom. The third-order valence-corrected chi connectivity index (χ3v) is 4.52. The first kappa shape index (κ1) is 17.0. The number of nitrogens with zero attached hydrogens (tertiary/aromatic N) is 2. The molecule has 2 aromatic carbocycles. The maximum atomic E-state index is 13.5. The third-order valence-electron chi connectivity index (χ3n) is 3.56. The Hall–Kier alpha value is -2.87. The largest absolute Gasteiger partial charge is 0.334 e. The van der Waals surface area contributed by atoms with E-state index in [1.165, 1.54) is 6.07 Å². The number of nitrogens with one attached hydrogen (secondary N) is 1. The second kappa shape index (κ2) is 6.94. The lowest BCUT2D eigenvalue weighted by Gasteiger charge is -2.09. The number of hydrogen-bond acceptors (Lipinski definition) is 5. The first-order valence-corrected chi connectivity index (χ1v) is 8.40. The average molecular weight is 358 g/mol. The molecule has 3 N–H and O–H groups in total. The summed E-state index contributed by atoms with van der Waals surface area (Å²) < 4.78 is 14.4. The lowest BCUT2D eigenvalue weighted by molar-refractivity contribution is -0.113. The van der Waals surface area contributed by atoms with Gasteiger partial charge in [-0.1, -0.05) is 30.0 Å². The number of halogens is 1. The van der Waals surface area contributed by atoms with Gasteiger partial charge in [0.05, 0.1) is 16.7 Å². The maximum Gasteiger partial charge on any atom is 0.280 e. The number of carbonyl (C=O) groups is 1. The summed E-state index contributed by atoms with van der Waals surface area (Å²) in [6.07, 6.45) is 0. The van der Waals surface area contributed by atoms with Gasteiger partial charge in [0.25, 0.3) is 5.56 Å². The molecule has 0 unspecified atom stereocenters. The SMILES string of the molecule is Cc1ccc(NC(=O)CSc2nc3ccccc3c(=O)n2N)cc1F. The Morgan fingerprint density at radius 2 is 2.08 bits per heavy atom. The summed E-state index contributed by atoms with van der Waals surface area (Å²) in [5, 5.41) is 3.24. The summed E-state index contributed by atoms with van der Waals surface area (Å²) in [6, 6.07) is 11.3. The van der Waals surface area contributed by atoms with Crippen molar-refractivity contribution in [3.63, 3.8) is 0 Å². The monoisotopic (exact) mass is 358 g/mol. The molecule has 0 spiro atoms. The summed E-state index contributed by atoms with van der Waals surface area (Å²) >= 11 is 1.03. The predicted molar refractivity (Wildman–Crippen MR) is 96.6 cm³/mol. The van der Waals surface area contributed by atoms with Gasteiger partial charge in [-0.3, -0.25) is 9.59 Å². The highest BCUT2D eigenvalue weighted by atomic mass is 32.2. The minimum atomic E-state index is -0.391. The highest BCUT2D eigenvalue weighted by Gasteiger charge is 2.12. The number of fused-ring (bicyclic) bond motifs is 1. The molecule has 0 aliphatic heterocycles. The number of hydrogen-bond donors (Lipinski definition) is 2. The number of para-hydroxylation sites is 1. The van der Waals surface area contributed by atoms with Gasteiger partial charge in [0.2, 0.25) is 5.91 Å². The Bertz CT molecular complexity index is 1020. The van der Waals surface area contributed by atoms with Crippen molar-refractivity contribution in [2.75, 3.05) is 16.9 Å². The molecule has 0 aliphatic carbocycles. The zero-order valence-electron chi connectivity index (χ0n) is 13.3. The van der Waals surface area contributed by atoms with Gasteiger partial charge >= 0.3 is 0 Å². The molecule has 3 rings (SSSR count). The first-order valence-electron chi connectivity index (χ1n) is 7.41. The molecule has 1 amide bonds. The summed E-state index contributed by atoms with van der Waals surface area (Å²) in [7, 11) is 0. The molecular formula is C17H15FN4O2S. The van der Waals surface area contributed by atoms with Crippen LogP contribution in [0.3, 0.4) is 0 Å². The van der Waals surface area contributed by atoms with Crippen molar-refractivity contribution in [3.8, 4) is 0 Å². The Morgan fingerprint density at radius 3 is 2.84 bits per heavy atom. The van der Waals surface area contributed by atoms with E-state index >= 15 is 0 Å². The van der Waals surface area contributed by atoms with Crippen LogP contribution < -0.4 is 16.7 Å². The van der Waals surface area contributed by atoms with E-state index in [4.69, 9.17) is 5.84 Å². The van der Waals surface area contributed by atoms with Crippen LogP contribution in [0, 0.1) is 12.7 Å². The van der Waals surface area contributed by atoms with Crippen LogP contribution in [0.15, 0.2) is 52.4 Å². The molecule has 1 aromatic heterocycles. The van der Waals surface area contributed by atoms with Crippen molar-refractivity contribution in [1.29, 1.82) is 0 Å². The van der Waals surface area contributed by atoms with E-state index in [0.29, 0.717) is 22.2 Å².